The molecule has 2 aromatic rings. The number of rotatable bonds is 6. The van der Waals surface area contributed by atoms with Crippen LogP contribution in [0.2, 0.25) is 0 Å². The van der Waals surface area contributed by atoms with E-state index in [1.165, 1.54) is 16.7 Å². The van der Waals surface area contributed by atoms with Gasteiger partial charge in [-0.2, -0.15) is 0 Å². The van der Waals surface area contributed by atoms with Crippen molar-refractivity contribution < 1.29 is 10.2 Å². The maximum absolute atomic E-state index is 10.3. The Balaban J connectivity index is 1.56. The second-order valence-corrected chi connectivity index (χ2v) is 6.55. The van der Waals surface area contributed by atoms with Crippen LogP contribution in [0.4, 0.5) is 0 Å². The van der Waals surface area contributed by atoms with Crippen molar-refractivity contribution in [3.05, 3.63) is 71.3 Å². The fraction of sp³-hybridized carbons (Fsp3) is 0.333. The number of aliphatic hydroxyl groups excluding tert-OH is 1. The van der Waals surface area contributed by atoms with Gasteiger partial charge in [-0.3, -0.25) is 0 Å². The van der Waals surface area contributed by atoms with E-state index in [2.05, 4.69) is 42.6 Å². The molecule has 2 aromatic carbocycles. The van der Waals surface area contributed by atoms with E-state index < -0.39 is 6.10 Å². The second-order valence-electron chi connectivity index (χ2n) is 6.55. The maximum atomic E-state index is 10.3. The first-order chi connectivity index (χ1) is 11.6. The zero-order valence-corrected chi connectivity index (χ0v) is 14.1. The number of fused-ring (bicyclic) bond motifs is 1. The van der Waals surface area contributed by atoms with Crippen LogP contribution in [0, 0.1) is 0 Å². The molecule has 0 fully saturated rings. The summed E-state index contributed by atoms with van der Waals surface area (Å²) in [6, 6.07) is 15.7. The van der Waals surface area contributed by atoms with Gasteiger partial charge in [0.05, 0.1) is 6.10 Å². The molecule has 3 rings (SSSR count). The molecule has 3 nitrogen and oxygen atoms in total. The van der Waals surface area contributed by atoms with Gasteiger partial charge in [0.15, 0.2) is 0 Å². The Morgan fingerprint density at radius 3 is 2.79 bits per heavy atom. The molecule has 0 saturated heterocycles. The summed E-state index contributed by atoms with van der Waals surface area (Å²) in [5.41, 5.74) is 4.92. The quantitative estimate of drug-likeness (QED) is 0.757. The van der Waals surface area contributed by atoms with Crippen LogP contribution in [0.1, 0.15) is 42.6 Å². The summed E-state index contributed by atoms with van der Waals surface area (Å²) in [4.78, 5) is 0. The van der Waals surface area contributed by atoms with Gasteiger partial charge in [-0.05, 0) is 60.6 Å². The Bertz CT molecular complexity index is 723. The average molecular weight is 323 g/mol. The lowest BCUT2D eigenvalue weighted by Crippen LogP contribution is -2.30. The summed E-state index contributed by atoms with van der Waals surface area (Å²) in [5.74, 6) is 0.184. The monoisotopic (exact) mass is 323 g/mol. The molecule has 0 amide bonds. The van der Waals surface area contributed by atoms with Gasteiger partial charge >= 0.3 is 0 Å². The van der Waals surface area contributed by atoms with Crippen molar-refractivity contribution in [2.45, 2.75) is 38.3 Å². The lowest BCUT2D eigenvalue weighted by Gasteiger charge is -2.22. The van der Waals surface area contributed by atoms with Crippen molar-refractivity contribution in [3.8, 4) is 5.75 Å². The highest BCUT2D eigenvalue weighted by molar-refractivity contribution is 5.70. The molecule has 0 saturated carbocycles. The van der Waals surface area contributed by atoms with E-state index in [9.17, 15) is 10.2 Å². The van der Waals surface area contributed by atoms with Gasteiger partial charge in [-0.25, -0.2) is 0 Å². The van der Waals surface area contributed by atoms with Gasteiger partial charge in [0.1, 0.15) is 5.75 Å². The van der Waals surface area contributed by atoms with Crippen LogP contribution >= 0.6 is 0 Å². The van der Waals surface area contributed by atoms with E-state index >= 15 is 0 Å². The highest BCUT2D eigenvalue weighted by atomic mass is 16.3. The number of aliphatic hydroxyl groups is 1. The van der Waals surface area contributed by atoms with Gasteiger partial charge < -0.3 is 15.5 Å². The number of phenolic OH excluding ortho intramolecular Hbond substituents is 1. The van der Waals surface area contributed by atoms with Crippen LogP contribution in [0.5, 0.6) is 5.75 Å². The molecule has 2 atom stereocenters. The molecule has 3 N–H and O–H groups in total. The molecule has 24 heavy (non-hydrogen) atoms. The van der Waals surface area contributed by atoms with Crippen molar-refractivity contribution in [2.75, 3.05) is 6.54 Å². The number of nitrogens with one attached hydrogen (secondary N) is 1. The van der Waals surface area contributed by atoms with Crippen LogP contribution in [0.25, 0.3) is 5.57 Å². The van der Waals surface area contributed by atoms with Gasteiger partial charge in [0.2, 0.25) is 0 Å². The first-order valence-electron chi connectivity index (χ1n) is 8.61. The smallest absolute Gasteiger partial charge is 0.115 e. The molecule has 0 aromatic heterocycles. The van der Waals surface area contributed by atoms with Crippen LogP contribution in [0.15, 0.2) is 54.6 Å². The van der Waals surface area contributed by atoms with Crippen molar-refractivity contribution in [1.29, 1.82) is 0 Å². The van der Waals surface area contributed by atoms with Crippen molar-refractivity contribution in [3.63, 3.8) is 0 Å². The Labute approximate surface area is 143 Å². The molecule has 126 valence electrons. The summed E-state index contributed by atoms with van der Waals surface area (Å²) in [6.07, 6.45) is 4.89. The Morgan fingerprint density at radius 1 is 1.12 bits per heavy atom. The molecular weight excluding hydrogens is 298 g/mol. The number of allylic oxidation sites excluding steroid dienone is 1. The van der Waals surface area contributed by atoms with E-state index in [0.717, 1.165) is 24.8 Å². The van der Waals surface area contributed by atoms with Crippen molar-refractivity contribution in [2.24, 2.45) is 0 Å². The summed E-state index contributed by atoms with van der Waals surface area (Å²) in [7, 11) is 0. The normalized spacial score (nSPS) is 16.2. The van der Waals surface area contributed by atoms with Gasteiger partial charge in [0, 0.05) is 12.6 Å². The Hall–Kier alpha value is -2.10. The predicted octanol–water partition coefficient (Wildman–Crippen LogP) is 3.82. The van der Waals surface area contributed by atoms with E-state index in [-0.39, 0.29) is 11.8 Å². The lowest BCUT2D eigenvalue weighted by atomic mass is 9.88. The summed E-state index contributed by atoms with van der Waals surface area (Å²) in [5, 5.41) is 23.2. The largest absolute Gasteiger partial charge is 0.508 e. The Kier molecular flexibility index (Phi) is 5.34. The topological polar surface area (TPSA) is 52.5 Å². The highest BCUT2D eigenvalue weighted by Gasteiger charge is 2.15. The standard InChI is InChI=1S/C21H25NO2/c1-15(22-14-21(24)18-9-5-10-19(23)13-18)12-17-8-4-7-16-6-2-3-11-20(16)17/h2-3,5-6,8-11,13,15,21-24H,4,7,12,14H2,1H3. The summed E-state index contributed by atoms with van der Waals surface area (Å²) >= 11 is 0. The third-order valence-corrected chi connectivity index (χ3v) is 4.61. The number of hydrogen-bond acceptors (Lipinski definition) is 3. The molecule has 1 aliphatic carbocycles. The average Bonchev–Trinajstić information content (AvgIpc) is 2.60. The van der Waals surface area contributed by atoms with Gasteiger partial charge in [-0.15, -0.1) is 0 Å². The first kappa shape index (κ1) is 16.7. The minimum absolute atomic E-state index is 0.184. The molecule has 1 aliphatic rings. The molecule has 0 heterocycles. The molecular formula is C21H25NO2. The summed E-state index contributed by atoms with van der Waals surface area (Å²) in [6.45, 7) is 2.62. The van der Waals surface area contributed by atoms with Crippen LogP contribution < -0.4 is 5.32 Å². The molecule has 0 spiro atoms. The minimum Gasteiger partial charge on any atom is -0.508 e. The fourth-order valence-corrected chi connectivity index (χ4v) is 3.32. The lowest BCUT2D eigenvalue weighted by molar-refractivity contribution is 0.170. The van der Waals surface area contributed by atoms with E-state index in [1.54, 1.807) is 18.2 Å². The highest BCUT2D eigenvalue weighted by Crippen LogP contribution is 2.29. The minimum atomic E-state index is -0.618. The second kappa shape index (κ2) is 7.65. The van der Waals surface area contributed by atoms with E-state index in [4.69, 9.17) is 0 Å². The first-order valence-corrected chi connectivity index (χ1v) is 8.61. The third kappa shape index (κ3) is 4.05. The van der Waals surface area contributed by atoms with Crippen LogP contribution in [-0.2, 0) is 6.42 Å². The number of hydrogen-bond donors (Lipinski definition) is 3. The fourth-order valence-electron chi connectivity index (χ4n) is 3.32. The number of aryl methyl sites for hydroxylation is 1. The van der Waals surface area contributed by atoms with E-state index in [1.807, 2.05) is 6.07 Å². The number of phenols is 1. The van der Waals surface area contributed by atoms with Gasteiger partial charge in [0.25, 0.3) is 0 Å². The predicted molar refractivity (Wildman–Crippen MR) is 97.9 cm³/mol. The SMILES string of the molecule is CC(CC1=CCCc2ccccc21)NCC(O)c1cccc(O)c1. The van der Waals surface area contributed by atoms with Crippen molar-refractivity contribution >= 4 is 5.57 Å². The Morgan fingerprint density at radius 2 is 1.96 bits per heavy atom. The maximum Gasteiger partial charge on any atom is 0.115 e. The van der Waals surface area contributed by atoms with Gasteiger partial charge in [-0.1, -0.05) is 42.5 Å². The van der Waals surface area contributed by atoms with Crippen LogP contribution in [0.3, 0.4) is 0 Å². The van der Waals surface area contributed by atoms with E-state index in [0.29, 0.717) is 6.54 Å². The molecule has 2 unspecified atom stereocenters. The molecule has 0 aliphatic heterocycles. The number of benzene rings is 2. The van der Waals surface area contributed by atoms with Crippen LogP contribution in [-0.4, -0.2) is 22.8 Å². The third-order valence-electron chi connectivity index (χ3n) is 4.61. The number of aromatic hydroxyl groups is 1. The molecule has 0 bridgehead atoms. The molecule has 3 heteroatoms. The van der Waals surface area contributed by atoms with Crippen molar-refractivity contribution in [1.82, 2.24) is 5.32 Å². The molecule has 0 radical (unpaired) electrons. The zero-order valence-electron chi connectivity index (χ0n) is 14.1. The zero-order chi connectivity index (χ0) is 16.9. The summed E-state index contributed by atoms with van der Waals surface area (Å²) < 4.78 is 0.